The predicted octanol–water partition coefficient (Wildman–Crippen LogP) is 3.85. The van der Waals surface area contributed by atoms with Gasteiger partial charge in [-0.1, -0.05) is 0 Å². The standard InChI is InChI=1S/C14H13F2NOS/c1-18-13-4-3-11(17)6-9(13)8-19-14-5-2-10(15)7-12(14)16/h2-7H,8,17H2,1H3. The van der Waals surface area contributed by atoms with E-state index < -0.39 is 11.6 Å². The number of halogens is 2. The van der Waals surface area contributed by atoms with E-state index in [2.05, 4.69) is 0 Å². The molecular weight excluding hydrogens is 268 g/mol. The maximum absolute atomic E-state index is 13.5. The van der Waals surface area contributed by atoms with Gasteiger partial charge in [-0.15, -0.1) is 11.8 Å². The number of ether oxygens (including phenoxy) is 1. The van der Waals surface area contributed by atoms with Crippen LogP contribution in [0.2, 0.25) is 0 Å². The summed E-state index contributed by atoms with van der Waals surface area (Å²) in [6.07, 6.45) is 0. The minimum atomic E-state index is -0.580. The topological polar surface area (TPSA) is 35.2 Å². The van der Waals surface area contributed by atoms with Crippen molar-refractivity contribution < 1.29 is 13.5 Å². The van der Waals surface area contributed by atoms with E-state index in [1.54, 1.807) is 25.3 Å². The van der Waals surface area contributed by atoms with Crippen LogP contribution >= 0.6 is 11.8 Å². The Morgan fingerprint density at radius 1 is 1.16 bits per heavy atom. The SMILES string of the molecule is COc1ccc(N)cc1CSc1ccc(F)cc1F. The van der Waals surface area contributed by atoms with Crippen molar-refractivity contribution in [2.75, 3.05) is 12.8 Å². The van der Waals surface area contributed by atoms with Crippen molar-refractivity contribution in [3.05, 3.63) is 53.6 Å². The lowest BCUT2D eigenvalue weighted by atomic mass is 10.2. The third-order valence-electron chi connectivity index (χ3n) is 2.58. The summed E-state index contributed by atoms with van der Waals surface area (Å²) >= 11 is 1.27. The lowest BCUT2D eigenvalue weighted by Crippen LogP contribution is -1.94. The molecule has 0 fully saturated rings. The normalized spacial score (nSPS) is 10.5. The Kier molecular flexibility index (Phi) is 4.27. The Morgan fingerprint density at radius 3 is 2.63 bits per heavy atom. The van der Waals surface area contributed by atoms with E-state index in [4.69, 9.17) is 10.5 Å². The Hall–Kier alpha value is -1.75. The third-order valence-corrected chi connectivity index (χ3v) is 3.68. The molecule has 5 heteroatoms. The van der Waals surface area contributed by atoms with Gasteiger partial charge in [0, 0.05) is 28.0 Å². The van der Waals surface area contributed by atoms with E-state index in [0.717, 1.165) is 11.6 Å². The molecule has 0 unspecified atom stereocenters. The molecule has 0 atom stereocenters. The van der Waals surface area contributed by atoms with Crippen molar-refractivity contribution in [1.29, 1.82) is 0 Å². The van der Waals surface area contributed by atoms with Crippen LogP contribution in [0, 0.1) is 11.6 Å². The molecule has 19 heavy (non-hydrogen) atoms. The van der Waals surface area contributed by atoms with Crippen LogP contribution in [-0.4, -0.2) is 7.11 Å². The molecular formula is C14H13F2NOS. The summed E-state index contributed by atoms with van der Waals surface area (Å²) in [5, 5.41) is 0. The fraction of sp³-hybridized carbons (Fsp3) is 0.143. The Morgan fingerprint density at radius 2 is 1.95 bits per heavy atom. The molecule has 0 spiro atoms. The van der Waals surface area contributed by atoms with Crippen molar-refractivity contribution in [3.8, 4) is 5.75 Å². The molecule has 2 aromatic carbocycles. The highest BCUT2D eigenvalue weighted by molar-refractivity contribution is 7.98. The Balaban J connectivity index is 2.16. The second-order valence-corrected chi connectivity index (χ2v) is 4.95. The number of rotatable bonds is 4. The molecule has 0 aliphatic carbocycles. The minimum Gasteiger partial charge on any atom is -0.496 e. The summed E-state index contributed by atoms with van der Waals surface area (Å²) in [6.45, 7) is 0. The summed E-state index contributed by atoms with van der Waals surface area (Å²) in [5.41, 5.74) is 7.21. The van der Waals surface area contributed by atoms with E-state index in [1.807, 2.05) is 0 Å². The monoisotopic (exact) mass is 281 g/mol. The van der Waals surface area contributed by atoms with E-state index in [9.17, 15) is 8.78 Å². The van der Waals surface area contributed by atoms with Gasteiger partial charge in [-0.2, -0.15) is 0 Å². The van der Waals surface area contributed by atoms with Gasteiger partial charge in [0.05, 0.1) is 7.11 Å². The molecule has 2 N–H and O–H groups in total. The first-order valence-electron chi connectivity index (χ1n) is 5.60. The molecule has 0 amide bonds. The van der Waals surface area contributed by atoms with E-state index >= 15 is 0 Å². The van der Waals surface area contributed by atoms with E-state index in [0.29, 0.717) is 22.1 Å². The number of hydrogen-bond acceptors (Lipinski definition) is 3. The average molecular weight is 281 g/mol. The zero-order chi connectivity index (χ0) is 13.8. The summed E-state index contributed by atoms with van der Waals surface area (Å²) in [4.78, 5) is 0.394. The smallest absolute Gasteiger partial charge is 0.139 e. The van der Waals surface area contributed by atoms with Crippen LogP contribution in [0.3, 0.4) is 0 Å². The second kappa shape index (κ2) is 5.93. The first-order chi connectivity index (χ1) is 9.10. The number of hydrogen-bond donors (Lipinski definition) is 1. The largest absolute Gasteiger partial charge is 0.496 e. The molecule has 2 aromatic rings. The van der Waals surface area contributed by atoms with Gasteiger partial charge >= 0.3 is 0 Å². The van der Waals surface area contributed by atoms with Crippen molar-refractivity contribution in [2.45, 2.75) is 10.6 Å². The lowest BCUT2D eigenvalue weighted by molar-refractivity contribution is 0.411. The average Bonchev–Trinajstić information content (AvgIpc) is 2.38. The molecule has 0 saturated heterocycles. The molecule has 0 aromatic heterocycles. The fourth-order valence-electron chi connectivity index (χ4n) is 1.66. The van der Waals surface area contributed by atoms with Crippen molar-refractivity contribution >= 4 is 17.4 Å². The number of thioether (sulfide) groups is 1. The van der Waals surface area contributed by atoms with Crippen LogP contribution in [-0.2, 0) is 5.75 Å². The Bertz CT molecular complexity index is 590. The van der Waals surface area contributed by atoms with Gasteiger partial charge in [0.2, 0.25) is 0 Å². The molecule has 100 valence electrons. The molecule has 2 rings (SSSR count). The molecule has 0 saturated carbocycles. The summed E-state index contributed by atoms with van der Waals surface area (Å²) in [7, 11) is 1.57. The maximum atomic E-state index is 13.5. The zero-order valence-corrected chi connectivity index (χ0v) is 11.1. The van der Waals surface area contributed by atoms with E-state index in [1.165, 1.54) is 23.9 Å². The number of nitrogens with two attached hydrogens (primary N) is 1. The van der Waals surface area contributed by atoms with Crippen LogP contribution in [0.4, 0.5) is 14.5 Å². The summed E-state index contributed by atoms with van der Waals surface area (Å²) in [5.74, 6) is 0.0528. The number of methoxy groups -OCH3 is 1. The van der Waals surface area contributed by atoms with E-state index in [-0.39, 0.29) is 0 Å². The maximum Gasteiger partial charge on any atom is 0.139 e. The van der Waals surface area contributed by atoms with Gasteiger partial charge in [-0.05, 0) is 30.3 Å². The number of nitrogen functional groups attached to an aromatic ring is 1. The van der Waals surface area contributed by atoms with Gasteiger partial charge in [0.25, 0.3) is 0 Å². The van der Waals surface area contributed by atoms with Crippen LogP contribution in [0.1, 0.15) is 5.56 Å². The minimum absolute atomic E-state index is 0.394. The first kappa shape index (κ1) is 13.7. The van der Waals surface area contributed by atoms with Crippen LogP contribution < -0.4 is 10.5 Å². The number of anilines is 1. The molecule has 2 nitrogen and oxygen atoms in total. The van der Waals surface area contributed by atoms with Gasteiger partial charge in [0.15, 0.2) is 0 Å². The fourth-order valence-corrected chi connectivity index (χ4v) is 2.56. The molecule has 0 bridgehead atoms. The van der Waals surface area contributed by atoms with Crippen LogP contribution in [0.25, 0.3) is 0 Å². The summed E-state index contributed by atoms with van der Waals surface area (Å²) in [6, 6.07) is 8.83. The van der Waals surface area contributed by atoms with Crippen molar-refractivity contribution in [1.82, 2.24) is 0 Å². The van der Waals surface area contributed by atoms with Crippen molar-refractivity contribution in [3.63, 3.8) is 0 Å². The van der Waals surface area contributed by atoms with Crippen molar-refractivity contribution in [2.24, 2.45) is 0 Å². The van der Waals surface area contributed by atoms with Gasteiger partial charge in [-0.3, -0.25) is 0 Å². The first-order valence-corrected chi connectivity index (χ1v) is 6.59. The third kappa shape index (κ3) is 3.38. The zero-order valence-electron chi connectivity index (χ0n) is 10.3. The van der Waals surface area contributed by atoms with Gasteiger partial charge < -0.3 is 10.5 Å². The number of benzene rings is 2. The molecule has 0 aliphatic rings. The van der Waals surface area contributed by atoms with Gasteiger partial charge in [0.1, 0.15) is 17.4 Å². The Labute approximate surface area is 114 Å². The summed E-state index contributed by atoms with van der Waals surface area (Å²) < 4.78 is 31.5. The molecule has 0 radical (unpaired) electrons. The highest BCUT2D eigenvalue weighted by Crippen LogP contribution is 2.30. The quantitative estimate of drug-likeness (QED) is 0.683. The van der Waals surface area contributed by atoms with Crippen LogP contribution in [0.15, 0.2) is 41.3 Å². The second-order valence-electron chi connectivity index (χ2n) is 3.93. The predicted molar refractivity (Wildman–Crippen MR) is 73.3 cm³/mol. The van der Waals surface area contributed by atoms with Crippen LogP contribution in [0.5, 0.6) is 5.75 Å². The highest BCUT2D eigenvalue weighted by Gasteiger charge is 2.08. The highest BCUT2D eigenvalue weighted by atomic mass is 32.2. The van der Waals surface area contributed by atoms with Gasteiger partial charge in [-0.25, -0.2) is 8.78 Å². The molecule has 0 aliphatic heterocycles. The lowest BCUT2D eigenvalue weighted by Gasteiger charge is -2.09. The molecule has 0 heterocycles.